The highest BCUT2D eigenvalue weighted by Gasteiger charge is 2.40. The van der Waals surface area contributed by atoms with E-state index in [2.05, 4.69) is 0 Å². The second-order valence-corrected chi connectivity index (χ2v) is 11.7. The molecule has 4 amide bonds. The Labute approximate surface area is 275 Å². The first-order valence-corrected chi connectivity index (χ1v) is 15.3. The van der Waals surface area contributed by atoms with Gasteiger partial charge in [0.05, 0.1) is 33.6 Å². The summed E-state index contributed by atoms with van der Waals surface area (Å²) in [5.74, 6) is -1.84. The lowest BCUT2D eigenvalue weighted by Gasteiger charge is -2.22. The van der Waals surface area contributed by atoms with Gasteiger partial charge in [0.15, 0.2) is 0 Å². The molecule has 8 heteroatoms. The van der Waals surface area contributed by atoms with E-state index in [0.717, 1.165) is 32.1 Å². The second-order valence-electron chi connectivity index (χ2n) is 11.7. The summed E-state index contributed by atoms with van der Waals surface area (Å²) in [6.45, 7) is 0. The standard InChI is InChI=1S/C40H26N4O4/c41-28-12-6-23(7-13-28)26-10-17-31-34(20-26)39(47)43(37(31)45)30-16-19-36(33(22-30)25-4-2-1-3-5-25)44-38(46)32-18-11-27(21-35(32)40(44)48)24-8-14-29(42)15-9-24/h1-22H,41-42H2. The maximum Gasteiger partial charge on any atom is 0.266 e. The zero-order chi connectivity index (χ0) is 33.1. The molecule has 0 saturated carbocycles. The summed E-state index contributed by atoms with van der Waals surface area (Å²) < 4.78 is 0. The number of nitrogens with two attached hydrogens (primary N) is 2. The largest absolute Gasteiger partial charge is 0.399 e. The lowest BCUT2D eigenvalue weighted by atomic mass is 10.00. The van der Waals surface area contributed by atoms with E-state index in [1.807, 2.05) is 54.6 Å². The van der Waals surface area contributed by atoms with Crippen LogP contribution in [0.2, 0.25) is 0 Å². The van der Waals surface area contributed by atoms with E-state index in [4.69, 9.17) is 11.5 Å². The van der Waals surface area contributed by atoms with Crippen molar-refractivity contribution in [3.63, 3.8) is 0 Å². The minimum absolute atomic E-state index is 0.287. The van der Waals surface area contributed by atoms with Crippen LogP contribution in [0.5, 0.6) is 0 Å². The first-order valence-electron chi connectivity index (χ1n) is 15.3. The Morgan fingerprint density at radius 1 is 0.354 bits per heavy atom. The Hall–Kier alpha value is -6.80. The number of amides is 4. The van der Waals surface area contributed by atoms with Gasteiger partial charge in [0.2, 0.25) is 0 Å². The van der Waals surface area contributed by atoms with Gasteiger partial charge in [-0.25, -0.2) is 9.80 Å². The first-order chi connectivity index (χ1) is 23.3. The molecule has 2 heterocycles. The molecule has 0 atom stereocenters. The Bertz CT molecular complexity index is 2330. The molecule has 0 saturated heterocycles. The van der Waals surface area contributed by atoms with Crippen molar-refractivity contribution in [2.45, 2.75) is 0 Å². The smallest absolute Gasteiger partial charge is 0.266 e. The van der Waals surface area contributed by atoms with Gasteiger partial charge in [-0.1, -0.05) is 66.7 Å². The molecule has 8 rings (SSSR count). The third-order valence-electron chi connectivity index (χ3n) is 8.83. The molecule has 2 aliphatic heterocycles. The molecule has 0 radical (unpaired) electrons. The van der Waals surface area contributed by atoms with Gasteiger partial charge in [-0.2, -0.15) is 0 Å². The molecule has 6 aromatic rings. The predicted molar refractivity (Wildman–Crippen MR) is 187 cm³/mol. The molecule has 2 aliphatic rings. The minimum atomic E-state index is -0.465. The number of imide groups is 2. The van der Waals surface area contributed by atoms with Gasteiger partial charge in [-0.3, -0.25) is 19.2 Å². The summed E-state index contributed by atoms with van der Waals surface area (Å²) in [7, 11) is 0. The summed E-state index contributed by atoms with van der Waals surface area (Å²) in [4.78, 5) is 57.5. The Morgan fingerprint density at radius 2 is 0.812 bits per heavy atom. The summed E-state index contributed by atoms with van der Waals surface area (Å²) in [5.41, 5.74) is 19.3. The van der Waals surface area contributed by atoms with E-state index < -0.39 is 23.6 Å². The van der Waals surface area contributed by atoms with E-state index in [0.29, 0.717) is 45.0 Å². The normalized spacial score (nSPS) is 13.7. The van der Waals surface area contributed by atoms with Gasteiger partial charge in [0.25, 0.3) is 23.6 Å². The Kier molecular flexibility index (Phi) is 6.52. The maximum absolute atomic E-state index is 13.9. The number of fused-ring (bicyclic) bond motifs is 2. The van der Waals surface area contributed by atoms with Gasteiger partial charge in [-0.15, -0.1) is 0 Å². The Balaban J connectivity index is 1.18. The van der Waals surface area contributed by atoms with Gasteiger partial charge < -0.3 is 11.5 Å². The van der Waals surface area contributed by atoms with Gasteiger partial charge >= 0.3 is 0 Å². The van der Waals surface area contributed by atoms with E-state index in [1.165, 1.54) is 0 Å². The van der Waals surface area contributed by atoms with Gasteiger partial charge in [0, 0.05) is 16.9 Å². The van der Waals surface area contributed by atoms with Crippen LogP contribution >= 0.6 is 0 Å². The van der Waals surface area contributed by atoms with Crippen molar-refractivity contribution in [1.29, 1.82) is 0 Å². The van der Waals surface area contributed by atoms with Crippen LogP contribution in [0.1, 0.15) is 41.4 Å². The molecule has 48 heavy (non-hydrogen) atoms. The zero-order valence-corrected chi connectivity index (χ0v) is 25.4. The van der Waals surface area contributed by atoms with Crippen LogP contribution in [-0.4, -0.2) is 23.6 Å². The fourth-order valence-corrected chi connectivity index (χ4v) is 6.35. The zero-order valence-electron chi connectivity index (χ0n) is 25.4. The number of anilines is 4. The molecule has 0 aliphatic carbocycles. The fourth-order valence-electron chi connectivity index (χ4n) is 6.35. The number of hydrogen-bond acceptors (Lipinski definition) is 6. The van der Waals surface area contributed by atoms with Crippen LogP contribution < -0.4 is 21.3 Å². The number of nitrogen functional groups attached to an aromatic ring is 2. The van der Waals surface area contributed by atoms with Crippen molar-refractivity contribution < 1.29 is 19.2 Å². The minimum Gasteiger partial charge on any atom is -0.399 e. The summed E-state index contributed by atoms with van der Waals surface area (Å²) in [6.07, 6.45) is 0. The molecule has 6 aromatic carbocycles. The topological polar surface area (TPSA) is 127 Å². The van der Waals surface area contributed by atoms with Crippen molar-refractivity contribution in [1.82, 2.24) is 0 Å². The molecular weight excluding hydrogens is 600 g/mol. The number of nitrogens with zero attached hydrogens (tertiary/aromatic N) is 2. The number of carbonyl (C=O) groups is 4. The van der Waals surface area contributed by atoms with Crippen LogP contribution in [0.3, 0.4) is 0 Å². The molecule has 4 N–H and O–H groups in total. The third-order valence-corrected chi connectivity index (χ3v) is 8.83. The summed E-state index contributed by atoms with van der Waals surface area (Å²) in [5, 5.41) is 0. The fraction of sp³-hybridized carbons (Fsp3) is 0. The first kappa shape index (κ1) is 28.7. The number of carbonyl (C=O) groups excluding carboxylic acids is 4. The van der Waals surface area contributed by atoms with Gasteiger partial charge in [-0.05, 0) is 94.5 Å². The highest BCUT2D eigenvalue weighted by Crippen LogP contribution is 2.41. The summed E-state index contributed by atoms with van der Waals surface area (Å²) >= 11 is 0. The lowest BCUT2D eigenvalue weighted by Crippen LogP contribution is -2.31. The quantitative estimate of drug-likeness (QED) is 0.151. The molecule has 0 spiro atoms. The highest BCUT2D eigenvalue weighted by molar-refractivity contribution is 6.37. The molecule has 230 valence electrons. The van der Waals surface area contributed by atoms with E-state index in [-0.39, 0.29) is 11.1 Å². The third kappa shape index (κ3) is 4.54. The molecule has 0 aromatic heterocycles. The van der Waals surface area contributed by atoms with Gasteiger partial charge in [0.1, 0.15) is 0 Å². The maximum atomic E-state index is 13.9. The molecule has 0 unspecified atom stereocenters. The van der Waals surface area contributed by atoms with Crippen LogP contribution in [0, 0.1) is 0 Å². The van der Waals surface area contributed by atoms with Crippen LogP contribution in [-0.2, 0) is 0 Å². The molecular formula is C40H26N4O4. The van der Waals surface area contributed by atoms with E-state index in [1.54, 1.807) is 78.9 Å². The molecule has 0 bridgehead atoms. The summed E-state index contributed by atoms with van der Waals surface area (Å²) in [6, 6.07) is 39.0. The Morgan fingerprint density at radius 3 is 1.35 bits per heavy atom. The van der Waals surface area contributed by atoms with Crippen molar-refractivity contribution >= 4 is 46.4 Å². The van der Waals surface area contributed by atoms with Crippen molar-refractivity contribution in [2.75, 3.05) is 21.3 Å². The van der Waals surface area contributed by atoms with E-state index >= 15 is 0 Å². The molecule has 8 nitrogen and oxygen atoms in total. The lowest BCUT2D eigenvalue weighted by molar-refractivity contribution is 0.0909. The van der Waals surface area contributed by atoms with Crippen LogP contribution in [0.4, 0.5) is 22.7 Å². The predicted octanol–water partition coefficient (Wildman–Crippen LogP) is 7.45. The second kappa shape index (κ2) is 10.9. The number of benzene rings is 6. The monoisotopic (exact) mass is 626 g/mol. The average Bonchev–Trinajstić information content (AvgIpc) is 3.52. The molecule has 0 fully saturated rings. The van der Waals surface area contributed by atoms with Crippen LogP contribution in [0.15, 0.2) is 133 Å². The van der Waals surface area contributed by atoms with Crippen LogP contribution in [0.25, 0.3) is 33.4 Å². The average molecular weight is 627 g/mol. The highest BCUT2D eigenvalue weighted by atomic mass is 16.2. The number of rotatable bonds is 5. The number of hydrogen-bond donors (Lipinski definition) is 2. The van der Waals surface area contributed by atoms with E-state index in [9.17, 15) is 19.2 Å². The van der Waals surface area contributed by atoms with Crippen molar-refractivity contribution in [3.8, 4) is 33.4 Å². The van der Waals surface area contributed by atoms with Crippen molar-refractivity contribution in [3.05, 3.63) is 156 Å². The van der Waals surface area contributed by atoms with Crippen molar-refractivity contribution in [2.24, 2.45) is 0 Å². The SMILES string of the molecule is Nc1ccc(-c2ccc3c(c2)C(=O)N(c2ccc(N4C(=O)c5ccc(-c6ccc(N)cc6)cc5C4=O)c(-c4ccccc4)c2)C3=O)cc1.